The average molecular weight is 432 g/mol. The molecule has 0 saturated carbocycles. The van der Waals surface area contributed by atoms with Gasteiger partial charge in [-0.25, -0.2) is 0 Å². The van der Waals surface area contributed by atoms with Crippen molar-refractivity contribution in [2.45, 2.75) is 9.79 Å². The zero-order chi connectivity index (χ0) is 22.2. The fourth-order valence-electron chi connectivity index (χ4n) is 2.89. The first-order valence-electron chi connectivity index (χ1n) is 9.47. The lowest BCUT2D eigenvalue weighted by molar-refractivity contribution is -0.116. The lowest BCUT2D eigenvalue weighted by Crippen LogP contribution is -2.35. The second-order valence-electron chi connectivity index (χ2n) is 6.65. The van der Waals surface area contributed by atoms with Gasteiger partial charge in [0.2, 0.25) is 5.91 Å². The van der Waals surface area contributed by atoms with Crippen LogP contribution < -0.4 is 10.1 Å². The number of amides is 2. The second kappa shape index (κ2) is 10.3. The molecule has 1 N–H and O–H groups in total. The lowest BCUT2D eigenvalue weighted by atomic mass is 10.2. The zero-order valence-corrected chi connectivity index (χ0v) is 18.0. The normalized spacial score (nSPS) is 10.1. The molecule has 0 spiro atoms. The molecule has 3 aromatic carbocycles. The van der Waals surface area contributed by atoms with E-state index in [0.29, 0.717) is 22.6 Å². The highest BCUT2D eigenvalue weighted by Gasteiger charge is 2.19. The summed E-state index contributed by atoms with van der Waals surface area (Å²) in [4.78, 5) is 28.3. The van der Waals surface area contributed by atoms with Gasteiger partial charge in [-0.3, -0.25) is 9.59 Å². The van der Waals surface area contributed by atoms with Crippen molar-refractivity contribution in [1.82, 2.24) is 4.90 Å². The van der Waals surface area contributed by atoms with Gasteiger partial charge in [0.25, 0.3) is 5.91 Å². The molecule has 0 radical (unpaired) electrons. The molecule has 2 amide bonds. The molecular weight excluding hydrogens is 410 g/mol. The van der Waals surface area contributed by atoms with Gasteiger partial charge < -0.3 is 15.0 Å². The van der Waals surface area contributed by atoms with E-state index in [4.69, 9.17) is 4.74 Å². The fourth-order valence-corrected chi connectivity index (χ4v) is 3.91. The van der Waals surface area contributed by atoms with Gasteiger partial charge in [0.1, 0.15) is 11.8 Å². The number of anilines is 1. The van der Waals surface area contributed by atoms with E-state index in [1.165, 1.54) is 16.7 Å². The largest absolute Gasteiger partial charge is 0.497 e. The van der Waals surface area contributed by atoms with Gasteiger partial charge in [-0.15, -0.1) is 0 Å². The molecule has 0 aliphatic heterocycles. The minimum absolute atomic E-state index is 0.107. The third-order valence-corrected chi connectivity index (χ3v) is 5.58. The van der Waals surface area contributed by atoms with Crippen molar-refractivity contribution in [2.75, 3.05) is 26.0 Å². The summed E-state index contributed by atoms with van der Waals surface area (Å²) in [5, 5.41) is 12.1. The standard InChI is InChI=1S/C24H21N3O3S/c1-27(16-23(28)26-18-9-7-10-19(14-18)30-2)24(29)20-11-4-6-13-22(20)31-21-12-5-3-8-17(21)15-25/h3-14H,16H2,1-2H3,(H,26,28). The Morgan fingerprint density at radius 1 is 1.03 bits per heavy atom. The molecule has 0 aliphatic rings. The molecule has 0 saturated heterocycles. The van der Waals surface area contributed by atoms with E-state index < -0.39 is 0 Å². The Morgan fingerprint density at radius 3 is 2.48 bits per heavy atom. The van der Waals surface area contributed by atoms with Gasteiger partial charge in [0, 0.05) is 28.6 Å². The first-order valence-corrected chi connectivity index (χ1v) is 10.3. The summed E-state index contributed by atoms with van der Waals surface area (Å²) < 4.78 is 5.15. The highest BCUT2D eigenvalue weighted by atomic mass is 32.2. The minimum Gasteiger partial charge on any atom is -0.497 e. The summed E-state index contributed by atoms with van der Waals surface area (Å²) in [6, 6.07) is 23.6. The third kappa shape index (κ3) is 5.65. The molecule has 0 atom stereocenters. The van der Waals surface area contributed by atoms with Crippen molar-refractivity contribution in [1.29, 1.82) is 5.26 Å². The van der Waals surface area contributed by atoms with Crippen molar-refractivity contribution >= 4 is 29.3 Å². The van der Waals surface area contributed by atoms with Crippen LogP contribution in [0.4, 0.5) is 5.69 Å². The topological polar surface area (TPSA) is 82.4 Å². The molecule has 0 unspecified atom stereocenters. The molecule has 0 aliphatic carbocycles. The van der Waals surface area contributed by atoms with E-state index >= 15 is 0 Å². The smallest absolute Gasteiger partial charge is 0.255 e. The Balaban J connectivity index is 1.72. The van der Waals surface area contributed by atoms with Gasteiger partial charge in [0.05, 0.1) is 24.8 Å². The molecule has 6 nitrogen and oxygen atoms in total. The van der Waals surface area contributed by atoms with E-state index in [1.54, 1.807) is 62.7 Å². The molecule has 0 heterocycles. The van der Waals surface area contributed by atoms with Crippen LogP contribution >= 0.6 is 11.8 Å². The van der Waals surface area contributed by atoms with Crippen LogP contribution in [0.2, 0.25) is 0 Å². The van der Waals surface area contributed by atoms with Crippen LogP contribution in [0.1, 0.15) is 15.9 Å². The molecule has 3 rings (SSSR count). The Hall–Kier alpha value is -3.76. The second-order valence-corrected chi connectivity index (χ2v) is 7.73. The number of carbonyl (C=O) groups is 2. The van der Waals surface area contributed by atoms with Crippen molar-refractivity contribution in [3.63, 3.8) is 0 Å². The highest BCUT2D eigenvalue weighted by Crippen LogP contribution is 2.33. The van der Waals surface area contributed by atoms with Crippen LogP contribution in [0.15, 0.2) is 82.6 Å². The predicted octanol–water partition coefficient (Wildman–Crippen LogP) is 4.43. The summed E-state index contributed by atoms with van der Waals surface area (Å²) in [5.41, 5.74) is 1.60. The van der Waals surface area contributed by atoms with Crippen molar-refractivity contribution in [3.8, 4) is 11.8 Å². The maximum absolute atomic E-state index is 13.0. The number of benzene rings is 3. The Morgan fingerprint density at radius 2 is 1.74 bits per heavy atom. The van der Waals surface area contributed by atoms with E-state index in [9.17, 15) is 14.9 Å². The quantitative estimate of drug-likeness (QED) is 0.598. The first kappa shape index (κ1) is 21.9. The molecule has 0 bridgehead atoms. The molecule has 156 valence electrons. The zero-order valence-electron chi connectivity index (χ0n) is 17.2. The summed E-state index contributed by atoms with van der Waals surface area (Å²) in [5.74, 6) is 0.0354. The summed E-state index contributed by atoms with van der Waals surface area (Å²) in [7, 11) is 3.13. The predicted molar refractivity (Wildman–Crippen MR) is 120 cm³/mol. The monoisotopic (exact) mass is 431 g/mol. The van der Waals surface area contributed by atoms with Crippen molar-refractivity contribution < 1.29 is 14.3 Å². The number of ether oxygens (including phenoxy) is 1. The Bertz CT molecular complexity index is 1140. The summed E-state index contributed by atoms with van der Waals surface area (Å²) in [6.07, 6.45) is 0. The van der Waals surface area contributed by atoms with E-state index in [1.807, 2.05) is 24.3 Å². The first-order chi connectivity index (χ1) is 15.0. The molecule has 0 fully saturated rings. The van der Waals surface area contributed by atoms with Crippen LogP contribution in [-0.4, -0.2) is 37.4 Å². The average Bonchev–Trinajstić information content (AvgIpc) is 2.79. The van der Waals surface area contributed by atoms with E-state index in [-0.39, 0.29) is 18.4 Å². The van der Waals surface area contributed by atoms with Crippen molar-refractivity contribution in [2.24, 2.45) is 0 Å². The number of methoxy groups -OCH3 is 1. The van der Waals surface area contributed by atoms with Gasteiger partial charge in [-0.2, -0.15) is 5.26 Å². The summed E-state index contributed by atoms with van der Waals surface area (Å²) in [6.45, 7) is -0.107. The number of hydrogen-bond acceptors (Lipinski definition) is 5. The molecule has 31 heavy (non-hydrogen) atoms. The van der Waals surface area contributed by atoms with Gasteiger partial charge in [-0.05, 0) is 36.4 Å². The van der Waals surface area contributed by atoms with Crippen LogP contribution in [0, 0.1) is 11.3 Å². The van der Waals surface area contributed by atoms with Crippen LogP contribution in [0.5, 0.6) is 5.75 Å². The maximum atomic E-state index is 13.0. The molecule has 7 heteroatoms. The number of likely N-dealkylation sites (N-methyl/N-ethyl adjacent to an activating group) is 1. The van der Waals surface area contributed by atoms with E-state index in [2.05, 4.69) is 11.4 Å². The molecule has 3 aromatic rings. The van der Waals surface area contributed by atoms with Gasteiger partial charge in [0.15, 0.2) is 0 Å². The third-order valence-electron chi connectivity index (χ3n) is 4.43. The lowest BCUT2D eigenvalue weighted by Gasteiger charge is -2.19. The number of nitrogens with zero attached hydrogens (tertiary/aromatic N) is 2. The maximum Gasteiger partial charge on any atom is 0.255 e. The SMILES string of the molecule is COc1cccc(NC(=O)CN(C)C(=O)c2ccccc2Sc2ccccc2C#N)c1. The van der Waals surface area contributed by atoms with E-state index in [0.717, 1.165) is 9.79 Å². The Kier molecular flexibility index (Phi) is 7.31. The molecular formula is C24H21N3O3S. The van der Waals surface area contributed by atoms with Gasteiger partial charge in [-0.1, -0.05) is 42.1 Å². The number of nitriles is 1. The number of nitrogens with one attached hydrogen (secondary N) is 1. The van der Waals surface area contributed by atoms with Gasteiger partial charge >= 0.3 is 0 Å². The Labute approximate surface area is 185 Å². The van der Waals surface area contributed by atoms with Crippen LogP contribution in [0.25, 0.3) is 0 Å². The van der Waals surface area contributed by atoms with Crippen LogP contribution in [0.3, 0.4) is 0 Å². The minimum atomic E-state index is -0.316. The number of hydrogen-bond donors (Lipinski definition) is 1. The fraction of sp³-hybridized carbons (Fsp3) is 0.125. The summed E-state index contributed by atoms with van der Waals surface area (Å²) >= 11 is 1.35. The molecule has 0 aromatic heterocycles. The number of rotatable bonds is 7. The highest BCUT2D eigenvalue weighted by molar-refractivity contribution is 7.99. The van der Waals surface area contributed by atoms with Crippen LogP contribution in [-0.2, 0) is 4.79 Å². The number of carbonyl (C=O) groups excluding carboxylic acids is 2. The van der Waals surface area contributed by atoms with Crippen molar-refractivity contribution in [3.05, 3.63) is 83.9 Å².